The molecule has 2 aliphatic rings. The molecule has 4 rings (SSSR count). The Morgan fingerprint density at radius 3 is 1.29 bits per heavy atom. The molecule has 0 saturated heterocycles. The summed E-state index contributed by atoms with van der Waals surface area (Å²) in [5.74, 6) is 0. The third-order valence-corrected chi connectivity index (χ3v) is 10.1. The first-order valence-electron chi connectivity index (χ1n) is 10.3. The summed E-state index contributed by atoms with van der Waals surface area (Å²) in [6, 6.07) is 16.4. The van der Waals surface area contributed by atoms with Crippen molar-refractivity contribution in [1.29, 1.82) is 0 Å². The average Bonchev–Trinajstić information content (AvgIpc) is 3.41. The summed E-state index contributed by atoms with van der Waals surface area (Å²) in [6.07, 6.45) is 0. The molecule has 0 radical (unpaired) electrons. The van der Waals surface area contributed by atoms with E-state index < -0.39 is 0 Å². The second kappa shape index (κ2) is 11.3. The van der Waals surface area contributed by atoms with E-state index in [9.17, 15) is 0 Å². The fourth-order valence-corrected chi connectivity index (χ4v) is 7.91. The zero-order valence-corrected chi connectivity index (χ0v) is 25.5. The van der Waals surface area contributed by atoms with Gasteiger partial charge in [0.05, 0.1) is 0 Å². The van der Waals surface area contributed by atoms with Gasteiger partial charge in [-0.05, 0) is 0 Å². The van der Waals surface area contributed by atoms with Crippen LogP contribution in [0.25, 0.3) is 0 Å². The molecule has 10 heteroatoms. The first-order valence-corrected chi connectivity index (χ1v) is 15.3. The van der Waals surface area contributed by atoms with Crippen LogP contribution in [-0.4, -0.2) is 62.2 Å². The van der Waals surface area contributed by atoms with Crippen molar-refractivity contribution in [2.45, 2.75) is 27.7 Å². The van der Waals surface area contributed by atoms with Crippen molar-refractivity contribution in [3.8, 4) is 0 Å². The van der Waals surface area contributed by atoms with Crippen molar-refractivity contribution in [3.05, 3.63) is 77.5 Å². The summed E-state index contributed by atoms with van der Waals surface area (Å²) >= 11 is 6.86. The van der Waals surface area contributed by atoms with Crippen molar-refractivity contribution in [2.24, 2.45) is 30.4 Å². The maximum atomic E-state index is 4.92. The SMILES string of the molecule is CC(C)=N/N=C1N=C(c2ccc(Br)cc2)/C(=C2/[Se]/C(=N/N=C(C)C)N=C2c2ccc(Br)cc2)[Se]\1. The minimum atomic E-state index is -0.103. The van der Waals surface area contributed by atoms with E-state index in [0.29, 0.717) is 0 Å². The zero-order valence-electron chi connectivity index (χ0n) is 18.9. The molecule has 0 atom stereocenters. The summed E-state index contributed by atoms with van der Waals surface area (Å²) in [5, 5.41) is 17.4. The van der Waals surface area contributed by atoms with E-state index >= 15 is 0 Å². The molecule has 0 amide bonds. The molecule has 172 valence electrons. The molecule has 2 aromatic carbocycles. The molecule has 0 N–H and O–H groups in total. The fraction of sp³-hybridized carbons (Fsp3) is 0.167. The van der Waals surface area contributed by atoms with Crippen molar-refractivity contribution in [2.75, 3.05) is 0 Å². The molecule has 0 aliphatic carbocycles. The van der Waals surface area contributed by atoms with Crippen molar-refractivity contribution >= 4 is 94.1 Å². The number of nitrogens with zero attached hydrogens (tertiary/aromatic N) is 6. The standard InChI is InChI=1S/C24H20Br2N6Se2/c1-13(2)29-31-23-27-19(15-5-9-17(25)10-6-15)21(33-23)22-20(16-7-11-18(26)12-8-16)28-24(34-22)32-30-14(3)4/h5-12H,1-4H3/b22-21-,31-23+,32-24+. The van der Waals surface area contributed by atoms with Crippen LogP contribution in [0, 0.1) is 0 Å². The number of allylic oxidation sites excluding steroid dienone is 2. The van der Waals surface area contributed by atoms with E-state index in [1.54, 1.807) is 0 Å². The fourth-order valence-electron chi connectivity index (χ4n) is 2.90. The van der Waals surface area contributed by atoms with Crippen LogP contribution >= 0.6 is 31.9 Å². The molecule has 0 aromatic heterocycles. The van der Waals surface area contributed by atoms with Crippen LogP contribution in [-0.2, 0) is 0 Å². The van der Waals surface area contributed by atoms with Gasteiger partial charge in [-0.3, -0.25) is 0 Å². The summed E-state index contributed by atoms with van der Waals surface area (Å²) in [6.45, 7) is 7.73. The van der Waals surface area contributed by atoms with Crippen molar-refractivity contribution < 1.29 is 0 Å². The number of rotatable bonds is 4. The molecule has 2 aromatic rings. The molecule has 6 nitrogen and oxygen atoms in total. The van der Waals surface area contributed by atoms with E-state index in [1.165, 1.54) is 8.94 Å². The number of hydrogen-bond acceptors (Lipinski definition) is 4. The Morgan fingerprint density at radius 1 is 0.618 bits per heavy atom. The first kappa shape index (κ1) is 25.3. The quantitative estimate of drug-likeness (QED) is 0.224. The Bertz CT molecular complexity index is 1220. The van der Waals surface area contributed by atoms with Gasteiger partial charge in [0.25, 0.3) is 0 Å². The predicted molar refractivity (Wildman–Crippen MR) is 152 cm³/mol. The van der Waals surface area contributed by atoms with E-state index in [0.717, 1.165) is 52.4 Å². The molecular weight excluding hydrogens is 690 g/mol. The molecule has 2 heterocycles. The summed E-state index contributed by atoms with van der Waals surface area (Å²) in [7, 11) is 0. The van der Waals surface area contributed by atoms with Crippen molar-refractivity contribution in [3.63, 3.8) is 0 Å². The van der Waals surface area contributed by atoms with Gasteiger partial charge in [0.1, 0.15) is 0 Å². The number of benzene rings is 2. The molecule has 0 fully saturated rings. The summed E-state index contributed by atoms with van der Waals surface area (Å²) in [5.41, 5.74) is 5.77. The van der Waals surface area contributed by atoms with Gasteiger partial charge in [0.2, 0.25) is 0 Å². The monoisotopic (exact) mass is 710 g/mol. The topological polar surface area (TPSA) is 74.2 Å². The second-order valence-electron chi connectivity index (χ2n) is 7.66. The van der Waals surface area contributed by atoms with Crippen LogP contribution in [0.15, 0.2) is 96.8 Å². The van der Waals surface area contributed by atoms with E-state index in [-0.39, 0.29) is 29.9 Å². The third kappa shape index (κ3) is 6.25. The van der Waals surface area contributed by atoms with Gasteiger partial charge < -0.3 is 0 Å². The normalized spacial score (nSPS) is 19.9. The molecular formula is C24H20Br2N6Se2. The van der Waals surface area contributed by atoms with Crippen LogP contribution in [0.1, 0.15) is 38.8 Å². The van der Waals surface area contributed by atoms with Crippen molar-refractivity contribution in [1.82, 2.24) is 0 Å². The molecule has 0 spiro atoms. The zero-order chi connectivity index (χ0) is 24.2. The number of aliphatic imine (C=N–C) groups is 2. The van der Waals surface area contributed by atoms with E-state index in [2.05, 4.69) is 76.5 Å². The van der Waals surface area contributed by atoms with Gasteiger partial charge >= 0.3 is 230 Å². The number of hydrogen-bond donors (Lipinski definition) is 0. The van der Waals surface area contributed by atoms with E-state index in [1.807, 2.05) is 52.0 Å². The van der Waals surface area contributed by atoms with Gasteiger partial charge in [-0.1, -0.05) is 0 Å². The number of amidine groups is 2. The Morgan fingerprint density at radius 2 is 0.971 bits per heavy atom. The van der Waals surface area contributed by atoms with Crippen LogP contribution < -0.4 is 0 Å². The molecule has 34 heavy (non-hydrogen) atoms. The Kier molecular flexibility index (Phi) is 8.40. The summed E-state index contributed by atoms with van der Waals surface area (Å²) < 4.78 is 5.93. The molecule has 0 unspecified atom stereocenters. The van der Waals surface area contributed by atoms with Crippen LogP contribution in [0.5, 0.6) is 0 Å². The maximum absolute atomic E-state index is 4.92. The molecule has 2 aliphatic heterocycles. The van der Waals surface area contributed by atoms with E-state index in [4.69, 9.17) is 9.98 Å². The Hall–Kier alpha value is -1.80. The third-order valence-electron chi connectivity index (χ3n) is 4.34. The average molecular weight is 710 g/mol. The van der Waals surface area contributed by atoms with Crippen LogP contribution in [0.4, 0.5) is 0 Å². The van der Waals surface area contributed by atoms with Gasteiger partial charge in [0.15, 0.2) is 0 Å². The van der Waals surface area contributed by atoms with Gasteiger partial charge in [0, 0.05) is 0 Å². The second-order valence-corrected chi connectivity index (χ2v) is 13.6. The Labute approximate surface area is 228 Å². The van der Waals surface area contributed by atoms with Crippen LogP contribution in [0.2, 0.25) is 0 Å². The minimum absolute atomic E-state index is 0.103. The van der Waals surface area contributed by atoms with Gasteiger partial charge in [-0.2, -0.15) is 0 Å². The van der Waals surface area contributed by atoms with Gasteiger partial charge in [-0.25, -0.2) is 0 Å². The summed E-state index contributed by atoms with van der Waals surface area (Å²) in [4.78, 5) is 9.84. The molecule has 0 bridgehead atoms. The first-order chi connectivity index (χ1) is 16.3. The number of halogens is 2. The predicted octanol–water partition coefficient (Wildman–Crippen LogP) is 5.64. The van der Waals surface area contributed by atoms with Gasteiger partial charge in [-0.15, -0.1) is 0 Å². The Balaban J connectivity index is 1.88. The molecule has 0 saturated carbocycles. The van der Waals surface area contributed by atoms with Crippen LogP contribution in [0.3, 0.4) is 0 Å².